The molecule has 1 fully saturated rings. The number of H-pyrrole nitrogens is 1. The van der Waals surface area contributed by atoms with Gasteiger partial charge in [-0.05, 0) is 50.2 Å². The highest BCUT2D eigenvalue weighted by molar-refractivity contribution is 6.46. The molecule has 1 aromatic carbocycles. The summed E-state index contributed by atoms with van der Waals surface area (Å²) in [7, 11) is 2.82. The van der Waals surface area contributed by atoms with Crippen molar-refractivity contribution in [2.45, 2.75) is 33.7 Å². The molecule has 9 heteroatoms. The van der Waals surface area contributed by atoms with Crippen molar-refractivity contribution in [2.75, 3.05) is 40.4 Å². The lowest BCUT2D eigenvalue weighted by atomic mass is 9.94. The predicted molar refractivity (Wildman–Crippen MR) is 131 cm³/mol. The molecule has 9 nitrogen and oxygen atoms in total. The minimum absolute atomic E-state index is 0.0127. The zero-order chi connectivity index (χ0) is 25.9. The van der Waals surface area contributed by atoms with Gasteiger partial charge in [-0.3, -0.25) is 9.59 Å². The molecule has 1 atom stereocenters. The normalized spacial score (nSPS) is 17.3. The van der Waals surface area contributed by atoms with Gasteiger partial charge in [-0.15, -0.1) is 0 Å². The van der Waals surface area contributed by atoms with Crippen molar-refractivity contribution >= 4 is 23.4 Å². The van der Waals surface area contributed by atoms with Crippen LogP contribution in [-0.4, -0.2) is 77.9 Å². The molecule has 188 valence electrons. The Hall–Kier alpha value is -3.59. The fraction of sp³-hybridized carbons (Fsp3) is 0.423. The number of hydrogen-bond acceptors (Lipinski definition) is 7. The Morgan fingerprint density at radius 2 is 1.74 bits per heavy atom. The van der Waals surface area contributed by atoms with E-state index in [4.69, 9.17) is 9.47 Å². The standard InChI is InChI=1S/C26H33N3O6/c1-7-28(8-2)13-14-29-22(17-9-11-18(34-5)12-10-17)20(24(31)25(29)32)23(30)19-15(3)21(26(33)35-6)27-16(19)4/h9-12,22,27,30H,7-8,13-14H2,1-6H3/b23-20-/t22-/m1/s1. The van der Waals surface area contributed by atoms with Crippen LogP contribution in [0.1, 0.15) is 52.8 Å². The molecule has 0 radical (unpaired) electrons. The van der Waals surface area contributed by atoms with Gasteiger partial charge in [0.15, 0.2) is 0 Å². The van der Waals surface area contributed by atoms with Crippen LogP contribution >= 0.6 is 0 Å². The summed E-state index contributed by atoms with van der Waals surface area (Å²) in [5.41, 5.74) is 2.08. The van der Waals surface area contributed by atoms with E-state index in [1.54, 1.807) is 45.2 Å². The van der Waals surface area contributed by atoms with Crippen molar-refractivity contribution in [3.05, 3.63) is 57.9 Å². The molecular formula is C26H33N3O6. The fourth-order valence-electron chi connectivity index (χ4n) is 4.58. The van der Waals surface area contributed by atoms with Gasteiger partial charge in [0.05, 0.1) is 25.8 Å². The van der Waals surface area contributed by atoms with Crippen molar-refractivity contribution in [3.63, 3.8) is 0 Å². The maximum absolute atomic E-state index is 13.3. The van der Waals surface area contributed by atoms with Gasteiger partial charge < -0.3 is 29.4 Å². The summed E-state index contributed by atoms with van der Waals surface area (Å²) >= 11 is 0. The number of esters is 1. The molecule has 0 bridgehead atoms. The van der Waals surface area contributed by atoms with Crippen LogP contribution in [-0.2, 0) is 14.3 Å². The number of carbonyl (C=O) groups excluding carboxylic acids is 3. The van der Waals surface area contributed by atoms with E-state index in [1.807, 2.05) is 13.8 Å². The zero-order valence-corrected chi connectivity index (χ0v) is 21.1. The number of hydrogen-bond donors (Lipinski definition) is 2. The summed E-state index contributed by atoms with van der Waals surface area (Å²) < 4.78 is 10.1. The van der Waals surface area contributed by atoms with Gasteiger partial charge in [0, 0.05) is 24.3 Å². The number of benzene rings is 1. The molecule has 35 heavy (non-hydrogen) atoms. The van der Waals surface area contributed by atoms with Gasteiger partial charge >= 0.3 is 5.97 Å². The van der Waals surface area contributed by atoms with E-state index in [2.05, 4.69) is 9.88 Å². The number of aryl methyl sites for hydroxylation is 1. The molecule has 0 saturated carbocycles. The van der Waals surface area contributed by atoms with Crippen LogP contribution in [0, 0.1) is 13.8 Å². The van der Waals surface area contributed by atoms with Crippen LogP contribution in [0.5, 0.6) is 5.75 Å². The highest BCUT2D eigenvalue weighted by Crippen LogP contribution is 2.41. The number of methoxy groups -OCH3 is 2. The minimum Gasteiger partial charge on any atom is -0.507 e. The second-order valence-electron chi connectivity index (χ2n) is 8.41. The number of aliphatic hydroxyl groups excluding tert-OH is 1. The number of aromatic nitrogens is 1. The molecule has 2 heterocycles. The average molecular weight is 484 g/mol. The first-order chi connectivity index (χ1) is 16.7. The summed E-state index contributed by atoms with van der Waals surface area (Å²) in [6, 6.07) is 6.28. The lowest BCUT2D eigenvalue weighted by molar-refractivity contribution is -0.140. The quantitative estimate of drug-likeness (QED) is 0.244. The molecule has 3 rings (SSSR count). The number of Topliss-reactive ketones (excluding diaryl/α,β-unsaturated/α-hetero) is 1. The number of aromatic amines is 1. The topological polar surface area (TPSA) is 112 Å². The number of ketones is 1. The molecule has 0 spiro atoms. The van der Waals surface area contributed by atoms with Crippen LogP contribution < -0.4 is 4.74 Å². The van der Waals surface area contributed by atoms with Crippen LogP contribution in [0.25, 0.3) is 5.76 Å². The lowest BCUT2D eigenvalue weighted by Gasteiger charge is -2.28. The fourth-order valence-corrected chi connectivity index (χ4v) is 4.58. The lowest BCUT2D eigenvalue weighted by Crippen LogP contribution is -2.38. The number of likely N-dealkylation sites (N-methyl/N-ethyl adjacent to an activating group) is 1. The minimum atomic E-state index is -0.785. The van der Waals surface area contributed by atoms with Crippen molar-refractivity contribution in [1.82, 2.24) is 14.8 Å². The molecule has 2 N–H and O–H groups in total. The summed E-state index contributed by atoms with van der Waals surface area (Å²) in [6.07, 6.45) is 0. The van der Waals surface area contributed by atoms with Crippen molar-refractivity contribution in [3.8, 4) is 5.75 Å². The van der Waals surface area contributed by atoms with E-state index in [0.717, 1.165) is 13.1 Å². The first-order valence-corrected chi connectivity index (χ1v) is 11.6. The Morgan fingerprint density at radius 3 is 2.29 bits per heavy atom. The highest BCUT2D eigenvalue weighted by Gasteiger charge is 2.46. The first-order valence-electron chi connectivity index (χ1n) is 11.6. The van der Waals surface area contributed by atoms with Gasteiger partial charge in [0.25, 0.3) is 11.7 Å². The zero-order valence-electron chi connectivity index (χ0n) is 21.1. The van der Waals surface area contributed by atoms with Gasteiger partial charge in [-0.1, -0.05) is 26.0 Å². The summed E-state index contributed by atoms with van der Waals surface area (Å²) in [5.74, 6) is -1.71. The van der Waals surface area contributed by atoms with E-state index < -0.39 is 23.7 Å². The van der Waals surface area contributed by atoms with Crippen LogP contribution in [0.2, 0.25) is 0 Å². The number of nitrogens with zero attached hydrogens (tertiary/aromatic N) is 2. The molecule has 1 aromatic heterocycles. The third kappa shape index (κ3) is 4.81. The summed E-state index contributed by atoms with van der Waals surface area (Å²) in [4.78, 5) is 45.2. The molecule has 2 aromatic rings. The van der Waals surface area contributed by atoms with Crippen molar-refractivity contribution < 1.29 is 29.0 Å². The van der Waals surface area contributed by atoms with Gasteiger partial charge in [-0.2, -0.15) is 0 Å². The number of rotatable bonds is 9. The number of ether oxygens (including phenoxy) is 2. The Balaban J connectivity index is 2.17. The SMILES string of the molecule is CCN(CC)CCN1C(=O)C(=O)/C(=C(\O)c2c(C)[nH]c(C(=O)OC)c2C)[C@H]1c1ccc(OC)cc1. The number of aliphatic hydroxyl groups is 1. The molecule has 1 saturated heterocycles. The second-order valence-corrected chi connectivity index (χ2v) is 8.41. The first kappa shape index (κ1) is 26.0. The molecule has 1 amide bonds. The van der Waals surface area contributed by atoms with Gasteiger partial charge in [-0.25, -0.2) is 4.79 Å². The summed E-state index contributed by atoms with van der Waals surface area (Å²) in [6.45, 7) is 9.94. The van der Waals surface area contributed by atoms with Crippen LogP contribution in [0.3, 0.4) is 0 Å². The summed E-state index contributed by atoms with van der Waals surface area (Å²) in [5, 5.41) is 11.4. The Morgan fingerprint density at radius 1 is 1.11 bits per heavy atom. The molecular weight excluding hydrogens is 450 g/mol. The Labute approximate surface area is 205 Å². The van der Waals surface area contributed by atoms with Crippen molar-refractivity contribution in [2.24, 2.45) is 0 Å². The Bertz CT molecular complexity index is 1140. The van der Waals surface area contributed by atoms with E-state index in [-0.39, 0.29) is 17.0 Å². The Kier molecular flexibility index (Phi) is 8.01. The largest absolute Gasteiger partial charge is 0.507 e. The number of nitrogens with one attached hydrogen (secondary N) is 1. The van der Waals surface area contributed by atoms with Crippen LogP contribution in [0.15, 0.2) is 29.8 Å². The highest BCUT2D eigenvalue weighted by atomic mass is 16.5. The van der Waals surface area contributed by atoms with Gasteiger partial charge in [0.1, 0.15) is 17.2 Å². The molecule has 1 aliphatic rings. The van der Waals surface area contributed by atoms with E-state index in [1.165, 1.54) is 12.0 Å². The molecule has 1 aliphatic heterocycles. The molecule has 0 aliphatic carbocycles. The maximum Gasteiger partial charge on any atom is 0.354 e. The average Bonchev–Trinajstić information content (AvgIpc) is 3.30. The predicted octanol–water partition coefficient (Wildman–Crippen LogP) is 3.19. The van der Waals surface area contributed by atoms with Crippen molar-refractivity contribution in [1.29, 1.82) is 0 Å². The van der Waals surface area contributed by atoms with Crippen LogP contribution in [0.4, 0.5) is 0 Å². The maximum atomic E-state index is 13.3. The van der Waals surface area contributed by atoms with E-state index in [9.17, 15) is 19.5 Å². The molecule has 0 unspecified atom stereocenters. The monoisotopic (exact) mass is 483 g/mol. The van der Waals surface area contributed by atoms with E-state index >= 15 is 0 Å². The third-order valence-electron chi connectivity index (χ3n) is 6.59. The number of carbonyl (C=O) groups is 3. The van der Waals surface area contributed by atoms with E-state index in [0.29, 0.717) is 41.2 Å². The number of likely N-dealkylation sites (tertiary alicyclic amines) is 1. The number of amides is 1. The second kappa shape index (κ2) is 10.8. The van der Waals surface area contributed by atoms with Gasteiger partial charge in [0.2, 0.25) is 0 Å². The smallest absolute Gasteiger partial charge is 0.354 e. The third-order valence-corrected chi connectivity index (χ3v) is 6.59.